The maximum atomic E-state index is 12.1. The number of Topliss-reactive ketones (excluding diaryl/α,β-unsaturated/α-hetero) is 1. The van der Waals surface area contributed by atoms with E-state index in [-0.39, 0.29) is 5.78 Å². The van der Waals surface area contributed by atoms with Crippen LogP contribution in [0.5, 0.6) is 5.75 Å². The quantitative estimate of drug-likeness (QED) is 0.833. The Balaban J connectivity index is 3.07. The highest BCUT2D eigenvalue weighted by Gasteiger charge is 2.20. The van der Waals surface area contributed by atoms with E-state index in [1.807, 2.05) is 0 Å². The van der Waals surface area contributed by atoms with Crippen LogP contribution in [0.25, 0.3) is 0 Å². The van der Waals surface area contributed by atoms with Gasteiger partial charge in [0.05, 0.1) is 18.8 Å². The fourth-order valence-electron chi connectivity index (χ4n) is 1.63. The average molecular weight is 294 g/mol. The highest BCUT2D eigenvalue weighted by molar-refractivity contribution is 6.06. The standard InChI is InChI=1S/C15H22N2O4/c1-9(16)13(18)11-7-6-10(20-5)8-12(11)17-14(19)21-15(2,3)4/h6-9H,16H2,1-5H3,(H,17,19). The SMILES string of the molecule is COc1ccc(C(=O)C(C)N)c(NC(=O)OC(C)(C)C)c1. The van der Waals surface area contributed by atoms with Crippen molar-refractivity contribution in [2.45, 2.75) is 39.3 Å². The van der Waals surface area contributed by atoms with Crippen molar-refractivity contribution < 1.29 is 19.1 Å². The molecule has 0 aliphatic carbocycles. The molecule has 1 amide bonds. The van der Waals surface area contributed by atoms with Gasteiger partial charge in [-0.3, -0.25) is 10.1 Å². The first-order chi connectivity index (χ1) is 9.64. The molecule has 3 N–H and O–H groups in total. The second kappa shape index (κ2) is 6.58. The largest absolute Gasteiger partial charge is 0.497 e. The van der Waals surface area contributed by atoms with Crippen molar-refractivity contribution in [3.05, 3.63) is 23.8 Å². The molecule has 0 saturated carbocycles. The van der Waals surface area contributed by atoms with Gasteiger partial charge in [-0.1, -0.05) is 0 Å². The number of methoxy groups -OCH3 is 1. The zero-order chi connectivity index (χ0) is 16.2. The minimum Gasteiger partial charge on any atom is -0.497 e. The van der Waals surface area contributed by atoms with Crippen LogP contribution in [-0.2, 0) is 4.74 Å². The molecule has 0 radical (unpaired) electrons. The molecule has 0 aliphatic rings. The Kier molecular flexibility index (Phi) is 5.32. The van der Waals surface area contributed by atoms with Crippen LogP contribution in [0, 0.1) is 0 Å². The van der Waals surface area contributed by atoms with Gasteiger partial charge in [-0.15, -0.1) is 0 Å². The highest BCUT2D eigenvalue weighted by Crippen LogP contribution is 2.24. The summed E-state index contributed by atoms with van der Waals surface area (Å²) in [7, 11) is 1.50. The van der Waals surface area contributed by atoms with E-state index in [1.54, 1.807) is 45.9 Å². The Morgan fingerprint density at radius 1 is 1.29 bits per heavy atom. The van der Waals surface area contributed by atoms with Crippen LogP contribution in [0.1, 0.15) is 38.1 Å². The number of nitrogens with one attached hydrogen (secondary N) is 1. The van der Waals surface area contributed by atoms with E-state index in [2.05, 4.69) is 5.32 Å². The Morgan fingerprint density at radius 2 is 1.90 bits per heavy atom. The molecule has 0 heterocycles. The minimum absolute atomic E-state index is 0.274. The van der Waals surface area contributed by atoms with Gasteiger partial charge in [0.15, 0.2) is 5.78 Å². The third-order valence-electron chi connectivity index (χ3n) is 2.54. The first-order valence-corrected chi connectivity index (χ1v) is 6.62. The van der Waals surface area contributed by atoms with Gasteiger partial charge in [0.1, 0.15) is 11.4 Å². The van der Waals surface area contributed by atoms with Gasteiger partial charge < -0.3 is 15.2 Å². The molecular formula is C15H22N2O4. The normalized spacial score (nSPS) is 12.5. The van der Waals surface area contributed by atoms with Crippen molar-refractivity contribution in [1.82, 2.24) is 0 Å². The number of anilines is 1. The fraction of sp³-hybridized carbons (Fsp3) is 0.467. The lowest BCUT2D eigenvalue weighted by Crippen LogP contribution is -2.30. The zero-order valence-electron chi connectivity index (χ0n) is 13.0. The molecule has 1 aromatic carbocycles. The number of rotatable bonds is 4. The molecule has 1 unspecified atom stereocenters. The lowest BCUT2D eigenvalue weighted by atomic mass is 10.0. The monoisotopic (exact) mass is 294 g/mol. The summed E-state index contributed by atoms with van der Waals surface area (Å²) >= 11 is 0. The number of ketones is 1. The van der Waals surface area contributed by atoms with E-state index in [1.165, 1.54) is 7.11 Å². The lowest BCUT2D eigenvalue weighted by molar-refractivity contribution is 0.0636. The molecule has 1 atom stereocenters. The number of amides is 1. The highest BCUT2D eigenvalue weighted by atomic mass is 16.6. The predicted molar refractivity (Wildman–Crippen MR) is 80.8 cm³/mol. The van der Waals surface area contributed by atoms with Crippen molar-refractivity contribution >= 4 is 17.6 Å². The third-order valence-corrected chi connectivity index (χ3v) is 2.54. The predicted octanol–water partition coefficient (Wildman–Crippen LogP) is 2.57. The summed E-state index contributed by atoms with van der Waals surface area (Å²) in [5.74, 6) is 0.242. The molecule has 0 aromatic heterocycles. The average Bonchev–Trinajstić information content (AvgIpc) is 2.35. The molecule has 1 rings (SSSR count). The van der Waals surface area contributed by atoms with Crippen LogP contribution in [-0.4, -0.2) is 30.6 Å². The van der Waals surface area contributed by atoms with Crippen LogP contribution >= 0.6 is 0 Å². The smallest absolute Gasteiger partial charge is 0.412 e. The van der Waals surface area contributed by atoms with Gasteiger partial charge in [0.2, 0.25) is 0 Å². The van der Waals surface area contributed by atoms with Crippen molar-refractivity contribution in [2.24, 2.45) is 5.73 Å². The number of nitrogens with two attached hydrogens (primary N) is 1. The van der Waals surface area contributed by atoms with Crippen molar-refractivity contribution in [1.29, 1.82) is 0 Å². The number of carbonyl (C=O) groups is 2. The molecule has 0 bridgehead atoms. The molecule has 1 aromatic rings. The first-order valence-electron chi connectivity index (χ1n) is 6.62. The van der Waals surface area contributed by atoms with Gasteiger partial charge in [0, 0.05) is 11.6 Å². The van der Waals surface area contributed by atoms with Crippen LogP contribution in [0.3, 0.4) is 0 Å². The van der Waals surface area contributed by atoms with E-state index < -0.39 is 17.7 Å². The van der Waals surface area contributed by atoms with Crippen molar-refractivity contribution in [2.75, 3.05) is 12.4 Å². The molecule has 6 nitrogen and oxygen atoms in total. The Bertz CT molecular complexity index is 533. The number of ether oxygens (including phenoxy) is 2. The molecule has 0 spiro atoms. The summed E-state index contributed by atoms with van der Waals surface area (Å²) in [6.45, 7) is 6.86. The molecule has 0 aliphatic heterocycles. The summed E-state index contributed by atoms with van der Waals surface area (Å²) in [6, 6.07) is 4.09. The maximum Gasteiger partial charge on any atom is 0.412 e. The van der Waals surface area contributed by atoms with E-state index in [0.29, 0.717) is 17.0 Å². The van der Waals surface area contributed by atoms with Gasteiger partial charge >= 0.3 is 6.09 Å². The topological polar surface area (TPSA) is 90.6 Å². The summed E-state index contributed by atoms with van der Waals surface area (Å²) in [6.07, 6.45) is -0.644. The number of hydrogen-bond donors (Lipinski definition) is 2. The molecular weight excluding hydrogens is 272 g/mol. The number of hydrogen-bond acceptors (Lipinski definition) is 5. The molecule has 21 heavy (non-hydrogen) atoms. The van der Waals surface area contributed by atoms with Crippen LogP contribution < -0.4 is 15.8 Å². The first kappa shape index (κ1) is 17.0. The van der Waals surface area contributed by atoms with Gasteiger partial charge in [-0.05, 0) is 39.8 Å². The lowest BCUT2D eigenvalue weighted by Gasteiger charge is -2.20. The van der Waals surface area contributed by atoms with Crippen LogP contribution in [0.4, 0.5) is 10.5 Å². The minimum atomic E-state index is -0.669. The summed E-state index contributed by atoms with van der Waals surface area (Å²) in [5.41, 5.74) is 5.61. The second-order valence-corrected chi connectivity index (χ2v) is 5.69. The molecule has 6 heteroatoms. The van der Waals surface area contributed by atoms with Crippen molar-refractivity contribution in [3.63, 3.8) is 0 Å². The fourth-order valence-corrected chi connectivity index (χ4v) is 1.63. The maximum absolute atomic E-state index is 12.1. The van der Waals surface area contributed by atoms with E-state index >= 15 is 0 Å². The summed E-state index contributed by atoms with van der Waals surface area (Å²) in [4.78, 5) is 23.9. The molecule has 116 valence electrons. The van der Waals surface area contributed by atoms with E-state index in [0.717, 1.165) is 0 Å². The van der Waals surface area contributed by atoms with E-state index in [4.69, 9.17) is 15.2 Å². The Morgan fingerprint density at radius 3 is 2.38 bits per heavy atom. The number of carbonyl (C=O) groups excluding carboxylic acids is 2. The summed E-state index contributed by atoms with van der Waals surface area (Å²) in [5, 5.41) is 2.56. The number of benzene rings is 1. The molecule has 0 saturated heterocycles. The third kappa shape index (κ3) is 5.07. The van der Waals surface area contributed by atoms with Gasteiger partial charge in [0.25, 0.3) is 0 Å². The Hall–Kier alpha value is -2.08. The van der Waals surface area contributed by atoms with Gasteiger partial charge in [-0.2, -0.15) is 0 Å². The molecule has 0 fully saturated rings. The Labute approximate surface area is 124 Å². The van der Waals surface area contributed by atoms with Crippen LogP contribution in [0.2, 0.25) is 0 Å². The second-order valence-electron chi connectivity index (χ2n) is 5.69. The van der Waals surface area contributed by atoms with Crippen LogP contribution in [0.15, 0.2) is 18.2 Å². The summed E-state index contributed by atoms with van der Waals surface area (Å²) < 4.78 is 10.3. The van der Waals surface area contributed by atoms with E-state index in [9.17, 15) is 9.59 Å². The van der Waals surface area contributed by atoms with Gasteiger partial charge in [-0.25, -0.2) is 4.79 Å². The zero-order valence-corrected chi connectivity index (χ0v) is 13.0. The van der Waals surface area contributed by atoms with Crippen molar-refractivity contribution in [3.8, 4) is 5.75 Å².